The minimum absolute atomic E-state index is 0.753. The Morgan fingerprint density at radius 2 is 2.00 bits per heavy atom. The second-order valence-corrected chi connectivity index (χ2v) is 3.69. The van der Waals surface area contributed by atoms with Crippen LogP contribution >= 0.6 is 15.9 Å². The molecule has 1 rings (SSSR count). The van der Waals surface area contributed by atoms with Crippen molar-refractivity contribution in [1.82, 2.24) is 0 Å². The molecule has 0 aromatic heterocycles. The van der Waals surface area contributed by atoms with Crippen molar-refractivity contribution >= 4 is 22.0 Å². The van der Waals surface area contributed by atoms with E-state index in [0.29, 0.717) is 0 Å². The number of hydrogen-bond acceptors (Lipinski definition) is 0. The van der Waals surface area contributed by atoms with Crippen LogP contribution in [0.4, 0.5) is 13.2 Å². The van der Waals surface area contributed by atoms with Crippen LogP contribution in [0.2, 0.25) is 0 Å². The summed E-state index contributed by atoms with van der Waals surface area (Å²) in [6.07, 6.45) is -2.44. The highest BCUT2D eigenvalue weighted by Gasteiger charge is 2.24. The fourth-order valence-electron chi connectivity index (χ4n) is 0.939. The summed E-state index contributed by atoms with van der Waals surface area (Å²) in [6.45, 7) is 0. The minimum Gasteiger partial charge on any atom is -0.171 e. The zero-order valence-electron chi connectivity index (χ0n) is 7.18. The molecule has 4 heteroatoms. The van der Waals surface area contributed by atoms with Gasteiger partial charge in [-0.3, -0.25) is 0 Å². The normalized spacial score (nSPS) is 12.3. The van der Waals surface area contributed by atoms with Crippen LogP contribution in [0.3, 0.4) is 0 Å². The molecule has 0 spiro atoms. The van der Waals surface area contributed by atoms with Crippen molar-refractivity contribution in [2.75, 3.05) is 0 Å². The Kier molecular flexibility index (Phi) is 3.75. The second-order valence-electron chi connectivity index (χ2n) is 2.78. The quantitative estimate of drug-likeness (QED) is 0.742. The van der Waals surface area contributed by atoms with Gasteiger partial charge < -0.3 is 0 Å². The Hall–Kier alpha value is -0.770. The number of halogens is 4. The monoisotopic (exact) mass is 264 g/mol. The van der Waals surface area contributed by atoms with Crippen molar-refractivity contribution < 1.29 is 13.2 Å². The van der Waals surface area contributed by atoms with Crippen molar-refractivity contribution in [2.45, 2.75) is 12.6 Å². The number of allylic oxidation sites excluding steroid dienone is 1. The lowest BCUT2D eigenvalue weighted by molar-refractivity contribution is -0.124. The summed E-state index contributed by atoms with van der Waals surface area (Å²) in [5.74, 6) is 0. The molecule has 0 aliphatic rings. The molecule has 1 aromatic carbocycles. The summed E-state index contributed by atoms with van der Waals surface area (Å²) in [5, 5.41) is 0. The highest BCUT2D eigenvalue weighted by atomic mass is 79.9. The molecule has 14 heavy (non-hydrogen) atoms. The lowest BCUT2D eigenvalue weighted by atomic mass is 10.2. The third-order valence-corrected chi connectivity index (χ3v) is 2.00. The van der Waals surface area contributed by atoms with Crippen LogP contribution in [-0.4, -0.2) is 6.18 Å². The first-order valence-electron chi connectivity index (χ1n) is 3.96. The first kappa shape index (κ1) is 11.3. The summed E-state index contributed by atoms with van der Waals surface area (Å²) >= 11 is 3.24. The van der Waals surface area contributed by atoms with Gasteiger partial charge in [0.25, 0.3) is 0 Å². The van der Waals surface area contributed by atoms with Gasteiger partial charge in [-0.2, -0.15) is 13.2 Å². The topological polar surface area (TPSA) is 0 Å². The van der Waals surface area contributed by atoms with Gasteiger partial charge in [0.15, 0.2) is 0 Å². The maximum atomic E-state index is 11.8. The molecule has 0 amide bonds. The van der Waals surface area contributed by atoms with Gasteiger partial charge in [0, 0.05) is 4.47 Å². The zero-order valence-corrected chi connectivity index (χ0v) is 8.77. The summed E-state index contributed by atoms with van der Waals surface area (Å²) in [7, 11) is 0. The Labute approximate surface area is 88.6 Å². The van der Waals surface area contributed by atoms with E-state index in [0.717, 1.165) is 16.1 Å². The van der Waals surface area contributed by atoms with E-state index in [1.165, 1.54) is 6.08 Å². The van der Waals surface area contributed by atoms with Crippen LogP contribution in [0.15, 0.2) is 34.8 Å². The van der Waals surface area contributed by atoms with E-state index in [9.17, 15) is 13.2 Å². The fraction of sp³-hybridized carbons (Fsp3) is 0.200. The molecule has 0 unspecified atom stereocenters. The molecule has 76 valence electrons. The SMILES string of the molecule is FC(F)(F)C/C=C/c1cccc(Br)c1. The van der Waals surface area contributed by atoms with Gasteiger partial charge >= 0.3 is 6.18 Å². The van der Waals surface area contributed by atoms with E-state index in [1.54, 1.807) is 18.2 Å². The third-order valence-electron chi connectivity index (χ3n) is 1.51. The first-order valence-corrected chi connectivity index (χ1v) is 4.75. The van der Waals surface area contributed by atoms with Gasteiger partial charge in [-0.1, -0.05) is 40.2 Å². The molecule has 0 heterocycles. The maximum Gasteiger partial charge on any atom is 0.392 e. The van der Waals surface area contributed by atoms with Gasteiger partial charge in [-0.25, -0.2) is 0 Å². The van der Waals surface area contributed by atoms with Gasteiger partial charge in [-0.15, -0.1) is 0 Å². The zero-order chi connectivity index (χ0) is 10.6. The van der Waals surface area contributed by atoms with Crippen LogP contribution in [0.25, 0.3) is 6.08 Å². The smallest absolute Gasteiger partial charge is 0.171 e. The Bertz CT molecular complexity index is 328. The Balaban J connectivity index is 2.61. The van der Waals surface area contributed by atoms with Crippen LogP contribution in [0.5, 0.6) is 0 Å². The maximum absolute atomic E-state index is 11.8. The predicted octanol–water partition coefficient (Wildman–Crippen LogP) is 4.41. The standard InChI is InChI=1S/C10H8BrF3/c11-9-5-1-3-8(7-9)4-2-6-10(12,13)14/h1-5,7H,6H2/b4-2+. The van der Waals surface area contributed by atoms with E-state index in [4.69, 9.17) is 0 Å². The Morgan fingerprint density at radius 3 is 2.57 bits per heavy atom. The first-order chi connectivity index (χ1) is 6.47. The van der Waals surface area contributed by atoms with Crippen molar-refractivity contribution in [1.29, 1.82) is 0 Å². The summed E-state index contributed by atoms with van der Waals surface area (Å²) < 4.78 is 36.2. The number of hydrogen-bond donors (Lipinski definition) is 0. The summed E-state index contributed by atoms with van der Waals surface area (Å²) in [6, 6.07) is 7.10. The van der Waals surface area contributed by atoms with E-state index in [2.05, 4.69) is 15.9 Å². The van der Waals surface area contributed by atoms with Crippen molar-refractivity contribution in [3.8, 4) is 0 Å². The van der Waals surface area contributed by atoms with Gasteiger partial charge in [0.2, 0.25) is 0 Å². The molecule has 1 aromatic rings. The van der Waals surface area contributed by atoms with E-state index in [1.807, 2.05) is 6.07 Å². The van der Waals surface area contributed by atoms with Crippen LogP contribution in [-0.2, 0) is 0 Å². The van der Waals surface area contributed by atoms with Gasteiger partial charge in [0.1, 0.15) is 0 Å². The van der Waals surface area contributed by atoms with Crippen LogP contribution < -0.4 is 0 Å². The largest absolute Gasteiger partial charge is 0.392 e. The molecule has 0 saturated carbocycles. The van der Waals surface area contributed by atoms with Crippen LogP contribution in [0.1, 0.15) is 12.0 Å². The summed E-state index contributed by atoms with van der Waals surface area (Å²) in [5.41, 5.74) is 0.753. The molecule has 0 atom stereocenters. The van der Waals surface area contributed by atoms with E-state index >= 15 is 0 Å². The van der Waals surface area contributed by atoms with Gasteiger partial charge in [0.05, 0.1) is 6.42 Å². The molecular weight excluding hydrogens is 257 g/mol. The number of benzene rings is 1. The Morgan fingerprint density at radius 1 is 1.29 bits per heavy atom. The molecule has 0 radical (unpaired) electrons. The molecule has 0 fully saturated rings. The highest BCUT2D eigenvalue weighted by Crippen LogP contribution is 2.21. The molecule has 0 aliphatic carbocycles. The molecule has 0 aliphatic heterocycles. The predicted molar refractivity (Wildman–Crippen MR) is 53.8 cm³/mol. The van der Waals surface area contributed by atoms with Gasteiger partial charge in [-0.05, 0) is 17.7 Å². The molecule has 0 saturated heterocycles. The average molecular weight is 265 g/mol. The summed E-state index contributed by atoms with van der Waals surface area (Å²) in [4.78, 5) is 0. The van der Waals surface area contributed by atoms with E-state index < -0.39 is 12.6 Å². The lowest BCUT2D eigenvalue weighted by Crippen LogP contribution is -2.03. The lowest BCUT2D eigenvalue weighted by Gasteiger charge is -2.00. The number of rotatable bonds is 2. The molecular formula is C10H8BrF3. The van der Waals surface area contributed by atoms with E-state index in [-0.39, 0.29) is 0 Å². The van der Waals surface area contributed by atoms with Crippen LogP contribution in [0, 0.1) is 0 Å². The molecule has 0 N–H and O–H groups in total. The van der Waals surface area contributed by atoms with Crippen molar-refractivity contribution in [2.24, 2.45) is 0 Å². The van der Waals surface area contributed by atoms with Crippen molar-refractivity contribution in [3.05, 3.63) is 40.4 Å². The second kappa shape index (κ2) is 4.64. The molecule has 0 nitrogen and oxygen atoms in total. The van der Waals surface area contributed by atoms with Crippen molar-refractivity contribution in [3.63, 3.8) is 0 Å². The third kappa shape index (κ3) is 4.46. The fourth-order valence-corrected chi connectivity index (χ4v) is 1.36. The minimum atomic E-state index is -4.12. The number of alkyl halides is 3. The average Bonchev–Trinajstić information content (AvgIpc) is 2.01. The molecule has 0 bridgehead atoms. The highest BCUT2D eigenvalue weighted by molar-refractivity contribution is 9.10.